The van der Waals surface area contributed by atoms with Crippen LogP contribution in [-0.2, 0) is 9.53 Å². The van der Waals surface area contributed by atoms with Gasteiger partial charge in [0.15, 0.2) is 17.2 Å². The molecule has 0 spiro atoms. The standard InChI is InChI=1S/C16H10ClF2NO4S/c1-22-11-7-8(5-9(17)13(11)23-16(18)19)6-10-15(21)24-14(20-10)12-3-2-4-25-12/h2-7,16H,1H3/b10-6-. The molecule has 5 nitrogen and oxygen atoms in total. The predicted molar refractivity (Wildman–Crippen MR) is 89.6 cm³/mol. The molecule has 0 saturated heterocycles. The van der Waals surface area contributed by atoms with Gasteiger partial charge in [-0.1, -0.05) is 17.7 Å². The summed E-state index contributed by atoms with van der Waals surface area (Å²) in [4.78, 5) is 16.8. The molecule has 1 aromatic carbocycles. The van der Waals surface area contributed by atoms with Crippen molar-refractivity contribution in [1.82, 2.24) is 0 Å². The first-order valence-electron chi connectivity index (χ1n) is 6.86. The highest BCUT2D eigenvalue weighted by Crippen LogP contribution is 2.38. The van der Waals surface area contributed by atoms with Crippen LogP contribution >= 0.6 is 22.9 Å². The summed E-state index contributed by atoms with van der Waals surface area (Å²) < 4.78 is 39.4. The lowest BCUT2D eigenvalue weighted by atomic mass is 10.1. The Hall–Kier alpha value is -2.45. The van der Waals surface area contributed by atoms with E-state index in [1.807, 2.05) is 11.4 Å². The number of ether oxygens (including phenoxy) is 3. The Morgan fingerprint density at radius 2 is 2.20 bits per heavy atom. The highest BCUT2D eigenvalue weighted by atomic mass is 35.5. The van der Waals surface area contributed by atoms with Crippen LogP contribution < -0.4 is 9.47 Å². The normalized spacial score (nSPS) is 15.5. The minimum Gasteiger partial charge on any atom is -0.493 e. The van der Waals surface area contributed by atoms with E-state index in [0.29, 0.717) is 10.4 Å². The van der Waals surface area contributed by atoms with Crippen molar-refractivity contribution in [2.45, 2.75) is 6.61 Å². The van der Waals surface area contributed by atoms with Crippen LogP contribution in [0, 0.1) is 0 Å². The number of hydrogen-bond donors (Lipinski definition) is 0. The van der Waals surface area contributed by atoms with Gasteiger partial charge in [0.25, 0.3) is 0 Å². The van der Waals surface area contributed by atoms with Crippen LogP contribution in [0.1, 0.15) is 10.4 Å². The number of rotatable bonds is 5. The molecular weight excluding hydrogens is 376 g/mol. The molecule has 0 amide bonds. The second-order valence-corrected chi connectivity index (χ2v) is 6.08. The van der Waals surface area contributed by atoms with Gasteiger partial charge in [-0.3, -0.25) is 0 Å². The van der Waals surface area contributed by atoms with Crippen LogP contribution in [0.15, 0.2) is 40.3 Å². The molecule has 25 heavy (non-hydrogen) atoms. The third-order valence-corrected chi connectivity index (χ3v) is 4.25. The molecule has 0 aliphatic carbocycles. The number of alkyl halides is 2. The summed E-state index contributed by atoms with van der Waals surface area (Å²) in [5, 5.41) is 1.75. The molecule has 9 heteroatoms. The Kier molecular flexibility index (Phi) is 5.00. The Bertz CT molecular complexity index is 865. The van der Waals surface area contributed by atoms with Crippen LogP contribution in [0.3, 0.4) is 0 Å². The maximum absolute atomic E-state index is 12.4. The first-order chi connectivity index (χ1) is 12.0. The fourth-order valence-electron chi connectivity index (χ4n) is 2.10. The van der Waals surface area contributed by atoms with Gasteiger partial charge in [-0.05, 0) is 35.2 Å². The summed E-state index contributed by atoms with van der Waals surface area (Å²) in [5.74, 6) is -0.681. The van der Waals surface area contributed by atoms with Gasteiger partial charge in [0, 0.05) is 0 Å². The third kappa shape index (κ3) is 3.80. The number of nitrogens with zero attached hydrogens (tertiary/aromatic N) is 1. The molecule has 0 N–H and O–H groups in total. The van der Waals surface area contributed by atoms with Crippen molar-refractivity contribution in [3.8, 4) is 11.5 Å². The van der Waals surface area contributed by atoms with Crippen LogP contribution in [0.5, 0.6) is 11.5 Å². The van der Waals surface area contributed by atoms with Gasteiger partial charge >= 0.3 is 12.6 Å². The highest BCUT2D eigenvalue weighted by molar-refractivity contribution is 7.12. The summed E-state index contributed by atoms with van der Waals surface area (Å²) >= 11 is 7.35. The SMILES string of the molecule is COc1cc(/C=C2\N=C(c3cccs3)OC2=O)cc(Cl)c1OC(F)F. The lowest BCUT2D eigenvalue weighted by molar-refractivity contribution is -0.129. The zero-order valence-corrected chi connectivity index (χ0v) is 14.2. The first kappa shape index (κ1) is 17.4. The summed E-state index contributed by atoms with van der Waals surface area (Å²) in [7, 11) is 1.29. The average Bonchev–Trinajstić information content (AvgIpc) is 3.20. The summed E-state index contributed by atoms with van der Waals surface area (Å²) in [6.07, 6.45) is 1.42. The van der Waals surface area contributed by atoms with Crippen molar-refractivity contribution in [3.05, 3.63) is 50.8 Å². The van der Waals surface area contributed by atoms with E-state index in [1.54, 1.807) is 6.07 Å². The van der Waals surface area contributed by atoms with Gasteiger partial charge in [0.1, 0.15) is 0 Å². The molecule has 1 aliphatic heterocycles. The number of halogens is 3. The topological polar surface area (TPSA) is 57.1 Å². The van der Waals surface area contributed by atoms with E-state index in [9.17, 15) is 13.6 Å². The second-order valence-electron chi connectivity index (χ2n) is 4.73. The van der Waals surface area contributed by atoms with E-state index in [4.69, 9.17) is 21.1 Å². The Morgan fingerprint density at radius 1 is 1.40 bits per heavy atom. The molecule has 2 aromatic rings. The minimum atomic E-state index is -3.04. The van der Waals surface area contributed by atoms with Crippen molar-refractivity contribution >= 4 is 40.9 Å². The number of carbonyl (C=O) groups is 1. The minimum absolute atomic E-state index is 0.00785. The van der Waals surface area contributed by atoms with Gasteiger partial charge in [0.2, 0.25) is 5.90 Å². The number of thiophene rings is 1. The van der Waals surface area contributed by atoms with E-state index in [0.717, 1.165) is 0 Å². The molecular formula is C16H10ClF2NO4S. The zero-order chi connectivity index (χ0) is 18.0. The number of cyclic esters (lactones) is 1. The van der Waals surface area contributed by atoms with Gasteiger partial charge < -0.3 is 14.2 Å². The predicted octanol–water partition coefficient (Wildman–Crippen LogP) is 4.36. The van der Waals surface area contributed by atoms with Gasteiger partial charge in [-0.15, -0.1) is 11.3 Å². The highest BCUT2D eigenvalue weighted by Gasteiger charge is 2.25. The lowest BCUT2D eigenvalue weighted by Crippen LogP contribution is -2.04. The van der Waals surface area contributed by atoms with Crippen molar-refractivity contribution in [1.29, 1.82) is 0 Å². The van der Waals surface area contributed by atoms with Gasteiger partial charge in [-0.2, -0.15) is 8.78 Å². The van der Waals surface area contributed by atoms with E-state index >= 15 is 0 Å². The van der Waals surface area contributed by atoms with Crippen molar-refractivity contribution in [2.75, 3.05) is 7.11 Å². The quantitative estimate of drug-likeness (QED) is 0.567. The molecule has 130 valence electrons. The number of carbonyl (C=O) groups excluding carboxylic acids is 1. The van der Waals surface area contributed by atoms with Gasteiger partial charge in [-0.25, -0.2) is 9.79 Å². The summed E-state index contributed by atoms with van der Waals surface area (Å²) in [5.41, 5.74) is 0.482. The van der Waals surface area contributed by atoms with Crippen LogP contribution in [0.4, 0.5) is 8.78 Å². The molecule has 1 aromatic heterocycles. The number of methoxy groups -OCH3 is 1. The maximum atomic E-state index is 12.4. The molecule has 0 saturated carbocycles. The average molecular weight is 386 g/mol. The fraction of sp³-hybridized carbons (Fsp3) is 0.125. The third-order valence-electron chi connectivity index (χ3n) is 3.11. The van der Waals surface area contributed by atoms with Gasteiger partial charge in [0.05, 0.1) is 17.0 Å². The fourth-order valence-corrected chi connectivity index (χ4v) is 3.01. The Labute approximate surface area is 150 Å². The van der Waals surface area contributed by atoms with Crippen LogP contribution in [0.25, 0.3) is 6.08 Å². The number of benzene rings is 1. The molecule has 0 atom stereocenters. The second kappa shape index (κ2) is 7.20. The lowest BCUT2D eigenvalue weighted by Gasteiger charge is -2.12. The molecule has 0 unspecified atom stereocenters. The summed E-state index contributed by atoms with van der Waals surface area (Å²) in [6.45, 7) is -3.04. The van der Waals surface area contributed by atoms with Crippen molar-refractivity contribution in [3.63, 3.8) is 0 Å². The Morgan fingerprint density at radius 3 is 2.84 bits per heavy atom. The monoisotopic (exact) mass is 385 g/mol. The largest absolute Gasteiger partial charge is 0.493 e. The number of hydrogen-bond acceptors (Lipinski definition) is 6. The molecule has 0 fully saturated rings. The van der Waals surface area contributed by atoms with Crippen LogP contribution in [-0.4, -0.2) is 25.6 Å². The zero-order valence-electron chi connectivity index (χ0n) is 12.7. The summed E-state index contributed by atoms with van der Waals surface area (Å²) in [6, 6.07) is 6.35. The Balaban J connectivity index is 1.95. The van der Waals surface area contributed by atoms with Crippen LogP contribution in [0.2, 0.25) is 5.02 Å². The smallest absolute Gasteiger partial charge is 0.387 e. The molecule has 0 bridgehead atoms. The first-order valence-corrected chi connectivity index (χ1v) is 8.12. The van der Waals surface area contributed by atoms with Crippen molar-refractivity contribution < 1.29 is 27.8 Å². The van der Waals surface area contributed by atoms with E-state index < -0.39 is 12.6 Å². The molecule has 2 heterocycles. The molecule has 3 rings (SSSR count). The van der Waals surface area contributed by atoms with E-state index in [1.165, 1.54) is 36.7 Å². The number of esters is 1. The molecule has 0 radical (unpaired) electrons. The van der Waals surface area contributed by atoms with E-state index in [2.05, 4.69) is 9.73 Å². The maximum Gasteiger partial charge on any atom is 0.387 e. The number of aliphatic imine (C=N–C) groups is 1. The van der Waals surface area contributed by atoms with Crippen molar-refractivity contribution in [2.24, 2.45) is 4.99 Å². The molecule has 1 aliphatic rings. The van der Waals surface area contributed by atoms with E-state index in [-0.39, 0.29) is 28.1 Å².